The summed E-state index contributed by atoms with van der Waals surface area (Å²) in [6.45, 7) is 7.74. The molecule has 0 aliphatic carbocycles. The van der Waals surface area contributed by atoms with Gasteiger partial charge in [0, 0.05) is 16.3 Å². The van der Waals surface area contributed by atoms with E-state index < -0.39 is 16.1 Å². The summed E-state index contributed by atoms with van der Waals surface area (Å²) in [4.78, 5) is 2.01. The van der Waals surface area contributed by atoms with Crippen LogP contribution in [0.5, 0.6) is 0 Å². The molecule has 1 heterocycles. The molecule has 3 aromatic rings. The number of benzene rings is 2. The minimum Gasteiger partial charge on any atom is -0.383 e. The molecule has 3 rings (SSSR count). The van der Waals surface area contributed by atoms with Gasteiger partial charge < -0.3 is 5.11 Å². The van der Waals surface area contributed by atoms with Gasteiger partial charge in [0.15, 0.2) is 0 Å². The lowest BCUT2D eigenvalue weighted by molar-refractivity contribution is 0.224. The molecule has 0 bridgehead atoms. The van der Waals surface area contributed by atoms with E-state index in [0.717, 1.165) is 37.6 Å². The molecule has 0 amide bonds. The summed E-state index contributed by atoms with van der Waals surface area (Å²) in [5.41, 5.74) is 4.31. The first kappa shape index (κ1) is 20.7. The molecule has 2 N–H and O–H groups in total. The second-order valence-electron chi connectivity index (χ2n) is 7.03. The number of sulfonamides is 1. The van der Waals surface area contributed by atoms with Crippen molar-refractivity contribution in [1.29, 1.82) is 0 Å². The maximum absolute atomic E-state index is 13.0. The van der Waals surface area contributed by atoms with E-state index in [1.807, 2.05) is 76.2 Å². The SMILES string of the molecule is Cc1cc(C)c(C)c(S(=O)(=O)NCc2ccc(C(O)c3ccccc3)s2)c1C. The first-order valence-electron chi connectivity index (χ1n) is 9.09. The van der Waals surface area contributed by atoms with Crippen LogP contribution in [-0.2, 0) is 16.6 Å². The van der Waals surface area contributed by atoms with E-state index in [0.29, 0.717) is 4.90 Å². The highest BCUT2D eigenvalue weighted by Gasteiger charge is 2.22. The van der Waals surface area contributed by atoms with Crippen LogP contribution in [0, 0.1) is 27.7 Å². The molecule has 0 radical (unpaired) electrons. The zero-order chi connectivity index (χ0) is 20.5. The van der Waals surface area contributed by atoms with Gasteiger partial charge in [-0.1, -0.05) is 36.4 Å². The van der Waals surface area contributed by atoms with Crippen molar-refractivity contribution in [2.45, 2.75) is 45.2 Å². The van der Waals surface area contributed by atoms with Crippen LogP contribution in [0.2, 0.25) is 0 Å². The Labute approximate surface area is 170 Å². The van der Waals surface area contributed by atoms with Crippen molar-refractivity contribution in [2.75, 3.05) is 0 Å². The molecule has 0 fully saturated rings. The van der Waals surface area contributed by atoms with Gasteiger partial charge in [-0.25, -0.2) is 13.1 Å². The molecule has 1 aromatic heterocycles. The third-order valence-electron chi connectivity index (χ3n) is 5.07. The van der Waals surface area contributed by atoms with Crippen molar-refractivity contribution in [3.63, 3.8) is 0 Å². The van der Waals surface area contributed by atoms with Gasteiger partial charge in [0.2, 0.25) is 10.0 Å². The molecule has 2 aromatic carbocycles. The molecule has 0 saturated heterocycles. The van der Waals surface area contributed by atoms with Crippen LogP contribution in [-0.4, -0.2) is 13.5 Å². The van der Waals surface area contributed by atoms with Gasteiger partial charge >= 0.3 is 0 Å². The van der Waals surface area contributed by atoms with E-state index >= 15 is 0 Å². The second kappa shape index (κ2) is 8.17. The van der Waals surface area contributed by atoms with Crippen LogP contribution < -0.4 is 4.72 Å². The van der Waals surface area contributed by atoms with Crippen molar-refractivity contribution in [3.05, 3.63) is 86.1 Å². The largest absolute Gasteiger partial charge is 0.383 e. The first-order chi connectivity index (χ1) is 13.2. The minimum absolute atomic E-state index is 0.195. The summed E-state index contributed by atoms with van der Waals surface area (Å²) in [5.74, 6) is 0. The zero-order valence-electron chi connectivity index (χ0n) is 16.5. The summed E-state index contributed by atoms with van der Waals surface area (Å²) in [5, 5.41) is 10.5. The number of hydrogen-bond donors (Lipinski definition) is 2. The summed E-state index contributed by atoms with van der Waals surface area (Å²) in [7, 11) is -3.63. The smallest absolute Gasteiger partial charge is 0.241 e. The predicted molar refractivity (Wildman–Crippen MR) is 114 cm³/mol. The van der Waals surface area contributed by atoms with Gasteiger partial charge in [0.1, 0.15) is 6.10 Å². The monoisotopic (exact) mass is 415 g/mol. The molecule has 28 heavy (non-hydrogen) atoms. The average Bonchev–Trinajstić information content (AvgIpc) is 3.14. The highest BCUT2D eigenvalue weighted by atomic mass is 32.2. The molecule has 148 valence electrons. The Balaban J connectivity index is 1.79. The van der Waals surface area contributed by atoms with Crippen LogP contribution in [0.25, 0.3) is 0 Å². The van der Waals surface area contributed by atoms with Crippen molar-refractivity contribution >= 4 is 21.4 Å². The summed E-state index contributed by atoms with van der Waals surface area (Å²) < 4.78 is 28.6. The maximum atomic E-state index is 13.0. The van der Waals surface area contributed by atoms with Crippen molar-refractivity contribution in [3.8, 4) is 0 Å². The summed E-state index contributed by atoms with van der Waals surface area (Å²) in [6, 6.07) is 15.1. The number of hydrogen-bond acceptors (Lipinski definition) is 4. The third-order valence-corrected chi connectivity index (χ3v) is 7.88. The van der Waals surface area contributed by atoms with Gasteiger partial charge in [-0.2, -0.15) is 0 Å². The van der Waals surface area contributed by atoms with Gasteiger partial charge in [-0.15, -0.1) is 11.3 Å². The Kier molecular flexibility index (Phi) is 6.05. The lowest BCUT2D eigenvalue weighted by atomic mass is 10.0. The van der Waals surface area contributed by atoms with Crippen molar-refractivity contribution in [2.24, 2.45) is 0 Å². The standard InChI is InChI=1S/C22H25NO3S2/c1-14-12-15(2)17(4)22(16(14)3)28(25,26)23-13-19-10-11-20(27-19)21(24)18-8-6-5-7-9-18/h5-12,21,23-24H,13H2,1-4H3. The molecule has 6 heteroatoms. The molecular weight excluding hydrogens is 390 g/mol. The number of aliphatic hydroxyl groups excluding tert-OH is 1. The minimum atomic E-state index is -3.63. The number of thiophene rings is 1. The van der Waals surface area contributed by atoms with Crippen molar-refractivity contribution < 1.29 is 13.5 Å². The highest BCUT2D eigenvalue weighted by Crippen LogP contribution is 2.29. The number of aryl methyl sites for hydroxylation is 2. The van der Waals surface area contributed by atoms with Crippen LogP contribution >= 0.6 is 11.3 Å². The van der Waals surface area contributed by atoms with Crippen LogP contribution in [0.15, 0.2) is 53.4 Å². The Morgan fingerprint density at radius 2 is 1.57 bits per heavy atom. The fourth-order valence-electron chi connectivity index (χ4n) is 3.26. The lowest BCUT2D eigenvalue weighted by Crippen LogP contribution is -2.25. The predicted octanol–water partition coefficient (Wildman–Crippen LogP) is 4.54. The fourth-order valence-corrected chi connectivity index (χ4v) is 5.93. The Hall–Kier alpha value is -1.99. The third kappa shape index (κ3) is 4.20. The normalized spacial score (nSPS) is 12.9. The lowest BCUT2D eigenvalue weighted by Gasteiger charge is -2.16. The number of aliphatic hydroxyl groups is 1. The molecule has 1 unspecified atom stereocenters. The van der Waals surface area contributed by atoms with E-state index in [1.54, 1.807) is 0 Å². The van der Waals surface area contributed by atoms with E-state index in [-0.39, 0.29) is 6.54 Å². The van der Waals surface area contributed by atoms with Gasteiger partial charge in [0.25, 0.3) is 0 Å². The van der Waals surface area contributed by atoms with E-state index in [9.17, 15) is 13.5 Å². The maximum Gasteiger partial charge on any atom is 0.241 e. The number of rotatable bonds is 6. The highest BCUT2D eigenvalue weighted by molar-refractivity contribution is 7.89. The van der Waals surface area contributed by atoms with Gasteiger partial charge in [-0.05, 0) is 67.6 Å². The van der Waals surface area contributed by atoms with Crippen LogP contribution in [0.3, 0.4) is 0 Å². The average molecular weight is 416 g/mol. The summed E-state index contributed by atoms with van der Waals surface area (Å²) >= 11 is 1.41. The first-order valence-corrected chi connectivity index (χ1v) is 11.4. The van der Waals surface area contributed by atoms with E-state index in [2.05, 4.69) is 4.72 Å². The van der Waals surface area contributed by atoms with Gasteiger partial charge in [0.05, 0.1) is 4.90 Å². The molecule has 0 aliphatic rings. The molecule has 1 atom stereocenters. The Bertz CT molecular complexity index is 1060. The Morgan fingerprint density at radius 3 is 2.18 bits per heavy atom. The van der Waals surface area contributed by atoms with Crippen LogP contribution in [0.1, 0.15) is 43.7 Å². The second-order valence-corrected chi connectivity index (χ2v) is 9.94. The summed E-state index contributed by atoms with van der Waals surface area (Å²) in [6.07, 6.45) is -0.708. The molecule has 0 aliphatic heterocycles. The molecule has 4 nitrogen and oxygen atoms in total. The Morgan fingerprint density at radius 1 is 0.964 bits per heavy atom. The quantitative estimate of drug-likeness (QED) is 0.621. The molecule has 0 saturated carbocycles. The van der Waals surface area contributed by atoms with Gasteiger partial charge in [-0.3, -0.25) is 0 Å². The van der Waals surface area contributed by atoms with Crippen LogP contribution in [0.4, 0.5) is 0 Å². The number of nitrogens with one attached hydrogen (secondary N) is 1. The molecular formula is C22H25NO3S2. The topological polar surface area (TPSA) is 66.4 Å². The zero-order valence-corrected chi connectivity index (χ0v) is 18.1. The van der Waals surface area contributed by atoms with Crippen molar-refractivity contribution in [1.82, 2.24) is 4.72 Å². The molecule has 0 spiro atoms. The fraction of sp³-hybridized carbons (Fsp3) is 0.273. The van der Waals surface area contributed by atoms with E-state index in [4.69, 9.17) is 0 Å². The van der Waals surface area contributed by atoms with E-state index in [1.165, 1.54) is 11.3 Å².